The van der Waals surface area contributed by atoms with Crippen molar-refractivity contribution in [3.63, 3.8) is 0 Å². The molecule has 1 rings (SSSR count). The molecule has 1 aromatic carbocycles. The lowest BCUT2D eigenvalue weighted by Crippen LogP contribution is -1.93. The third-order valence-corrected chi connectivity index (χ3v) is 2.35. The molecule has 0 bridgehead atoms. The van der Waals surface area contributed by atoms with Crippen LogP contribution >= 0.6 is 34.8 Å². The van der Waals surface area contributed by atoms with Gasteiger partial charge < -0.3 is 4.74 Å². The smallest absolute Gasteiger partial charge is 0.121 e. The molecule has 1 nitrogen and oxygen atoms in total. The summed E-state index contributed by atoms with van der Waals surface area (Å²) in [5.74, 6) is 0.700. The maximum atomic E-state index is 5.91. The first-order valence-corrected chi connectivity index (χ1v) is 5.13. The normalized spacial score (nSPS) is 9.71. The van der Waals surface area contributed by atoms with Crippen LogP contribution in [0.5, 0.6) is 5.75 Å². The molecule has 0 aliphatic carbocycles. The first-order chi connectivity index (χ1) is 6.59. The molecule has 0 amide bonds. The van der Waals surface area contributed by atoms with Gasteiger partial charge in [0.1, 0.15) is 16.8 Å². The second kappa shape index (κ2) is 5.50. The molecule has 0 aliphatic rings. The van der Waals surface area contributed by atoms with Crippen LogP contribution in [-0.2, 0) is 0 Å². The van der Waals surface area contributed by atoms with Gasteiger partial charge in [0.2, 0.25) is 0 Å². The van der Waals surface area contributed by atoms with Crippen LogP contribution in [0.15, 0.2) is 28.8 Å². The number of rotatable bonds is 3. The molecule has 14 heavy (non-hydrogen) atoms. The van der Waals surface area contributed by atoms with Gasteiger partial charge in [-0.1, -0.05) is 40.9 Å². The summed E-state index contributed by atoms with van der Waals surface area (Å²) in [5, 5.41) is 0.684. The van der Waals surface area contributed by atoms with Crippen molar-refractivity contribution >= 4 is 34.8 Å². The summed E-state index contributed by atoms with van der Waals surface area (Å²) in [7, 11) is 0. The van der Waals surface area contributed by atoms with Crippen molar-refractivity contribution in [1.82, 2.24) is 0 Å². The van der Waals surface area contributed by atoms with Crippen LogP contribution < -0.4 is 4.74 Å². The summed E-state index contributed by atoms with van der Waals surface area (Å²) >= 11 is 16.7. The molecule has 0 fully saturated rings. The standard InChI is InChI=1S/C10H9Cl3O/c1-7-2-3-8(6-9(7)11)14-5-4-10(12)13/h2-4,6H,5H2,1H3. The van der Waals surface area contributed by atoms with Gasteiger partial charge in [0.15, 0.2) is 0 Å². The molecule has 0 unspecified atom stereocenters. The number of benzene rings is 1. The van der Waals surface area contributed by atoms with Crippen LogP contribution in [-0.4, -0.2) is 6.61 Å². The predicted molar refractivity (Wildman–Crippen MR) is 61.5 cm³/mol. The Morgan fingerprint density at radius 3 is 2.71 bits per heavy atom. The van der Waals surface area contributed by atoms with E-state index in [0.29, 0.717) is 17.4 Å². The molecule has 1 aromatic rings. The summed E-state index contributed by atoms with van der Waals surface area (Å²) < 4.78 is 5.52. The molecule has 0 saturated carbocycles. The Bertz CT molecular complexity index is 343. The maximum Gasteiger partial charge on any atom is 0.121 e. The van der Waals surface area contributed by atoms with Gasteiger partial charge in [-0.05, 0) is 30.7 Å². The van der Waals surface area contributed by atoms with E-state index in [2.05, 4.69) is 0 Å². The van der Waals surface area contributed by atoms with Crippen LogP contribution in [0, 0.1) is 6.92 Å². The van der Waals surface area contributed by atoms with Gasteiger partial charge >= 0.3 is 0 Å². The lowest BCUT2D eigenvalue weighted by molar-refractivity contribution is 0.363. The summed E-state index contributed by atoms with van der Waals surface area (Å²) in [6, 6.07) is 5.49. The van der Waals surface area contributed by atoms with Crippen molar-refractivity contribution < 1.29 is 4.74 Å². The Kier molecular flexibility index (Phi) is 4.59. The fourth-order valence-electron chi connectivity index (χ4n) is 0.864. The minimum Gasteiger partial charge on any atom is -0.489 e. The summed E-state index contributed by atoms with van der Waals surface area (Å²) in [6.45, 7) is 2.27. The van der Waals surface area contributed by atoms with Gasteiger partial charge in [0.25, 0.3) is 0 Å². The van der Waals surface area contributed by atoms with E-state index in [1.165, 1.54) is 0 Å². The quantitative estimate of drug-likeness (QED) is 0.776. The van der Waals surface area contributed by atoms with E-state index < -0.39 is 0 Å². The van der Waals surface area contributed by atoms with E-state index in [1.807, 2.05) is 19.1 Å². The van der Waals surface area contributed by atoms with Crippen LogP contribution in [0.1, 0.15) is 5.56 Å². The van der Waals surface area contributed by atoms with E-state index in [4.69, 9.17) is 39.5 Å². The summed E-state index contributed by atoms with van der Waals surface area (Å²) in [6.07, 6.45) is 1.57. The lowest BCUT2D eigenvalue weighted by atomic mass is 10.2. The van der Waals surface area contributed by atoms with E-state index in [9.17, 15) is 0 Å². The molecule has 0 heterocycles. The van der Waals surface area contributed by atoms with Crippen molar-refractivity contribution in [2.75, 3.05) is 6.61 Å². The highest BCUT2D eigenvalue weighted by Gasteiger charge is 1.97. The zero-order chi connectivity index (χ0) is 10.6. The monoisotopic (exact) mass is 250 g/mol. The molecular weight excluding hydrogens is 242 g/mol. The molecule has 4 heteroatoms. The van der Waals surface area contributed by atoms with Crippen molar-refractivity contribution in [3.05, 3.63) is 39.4 Å². The Morgan fingerprint density at radius 2 is 2.14 bits per heavy atom. The summed E-state index contributed by atoms with van der Waals surface area (Å²) in [5.41, 5.74) is 1.02. The Labute approximate surface area is 98.2 Å². The van der Waals surface area contributed by atoms with E-state index >= 15 is 0 Å². The molecule has 0 aliphatic heterocycles. The topological polar surface area (TPSA) is 9.23 Å². The number of aryl methyl sites for hydroxylation is 1. The van der Waals surface area contributed by atoms with Gasteiger partial charge in [-0.25, -0.2) is 0 Å². The second-order valence-corrected chi connectivity index (χ2v) is 4.13. The Morgan fingerprint density at radius 1 is 1.43 bits per heavy atom. The number of hydrogen-bond donors (Lipinski definition) is 0. The van der Waals surface area contributed by atoms with Crippen molar-refractivity contribution in [3.8, 4) is 5.75 Å². The van der Waals surface area contributed by atoms with Crippen molar-refractivity contribution in [1.29, 1.82) is 0 Å². The van der Waals surface area contributed by atoms with Crippen molar-refractivity contribution in [2.45, 2.75) is 6.92 Å². The Hall–Kier alpha value is -0.370. The zero-order valence-electron chi connectivity index (χ0n) is 7.56. The number of hydrogen-bond acceptors (Lipinski definition) is 1. The average molecular weight is 252 g/mol. The molecule has 0 radical (unpaired) electrons. The SMILES string of the molecule is Cc1ccc(OCC=C(Cl)Cl)cc1Cl. The first-order valence-electron chi connectivity index (χ1n) is 3.99. The van der Waals surface area contributed by atoms with Gasteiger partial charge in [0, 0.05) is 5.02 Å². The third-order valence-electron chi connectivity index (χ3n) is 1.63. The molecule has 0 spiro atoms. The number of halogens is 3. The fourth-order valence-corrected chi connectivity index (χ4v) is 1.16. The van der Waals surface area contributed by atoms with Crippen LogP contribution in [0.4, 0.5) is 0 Å². The largest absolute Gasteiger partial charge is 0.489 e. The first kappa shape index (κ1) is 11.7. The van der Waals surface area contributed by atoms with Crippen molar-refractivity contribution in [2.24, 2.45) is 0 Å². The van der Waals surface area contributed by atoms with Gasteiger partial charge in [-0.2, -0.15) is 0 Å². The van der Waals surface area contributed by atoms with E-state index in [1.54, 1.807) is 12.1 Å². The predicted octanol–water partition coefficient (Wildman–Crippen LogP) is 4.35. The third kappa shape index (κ3) is 3.79. The zero-order valence-corrected chi connectivity index (χ0v) is 9.83. The van der Waals surface area contributed by atoms with Crippen LogP contribution in [0.2, 0.25) is 5.02 Å². The average Bonchev–Trinajstić information content (AvgIpc) is 2.10. The van der Waals surface area contributed by atoms with Gasteiger partial charge in [0.05, 0.1) is 0 Å². The fraction of sp³-hybridized carbons (Fsp3) is 0.200. The lowest BCUT2D eigenvalue weighted by Gasteiger charge is -2.04. The molecule has 0 saturated heterocycles. The Balaban J connectivity index is 2.60. The molecule has 0 atom stereocenters. The van der Waals surface area contributed by atoms with Crippen LogP contribution in [0.25, 0.3) is 0 Å². The summed E-state index contributed by atoms with van der Waals surface area (Å²) in [4.78, 5) is 0. The van der Waals surface area contributed by atoms with E-state index in [-0.39, 0.29) is 4.49 Å². The molecule has 0 aromatic heterocycles. The van der Waals surface area contributed by atoms with Gasteiger partial charge in [-0.3, -0.25) is 0 Å². The van der Waals surface area contributed by atoms with Crippen LogP contribution in [0.3, 0.4) is 0 Å². The second-order valence-electron chi connectivity index (χ2n) is 2.72. The minimum absolute atomic E-state index is 0.197. The minimum atomic E-state index is 0.197. The highest BCUT2D eigenvalue weighted by atomic mass is 35.5. The highest BCUT2D eigenvalue weighted by Crippen LogP contribution is 2.21. The molecule has 0 N–H and O–H groups in total. The van der Waals surface area contributed by atoms with Gasteiger partial charge in [-0.15, -0.1) is 0 Å². The molecular formula is C10H9Cl3O. The molecule has 76 valence electrons. The maximum absolute atomic E-state index is 5.91. The number of ether oxygens (including phenoxy) is 1. The van der Waals surface area contributed by atoms with E-state index in [0.717, 1.165) is 5.56 Å². The highest BCUT2D eigenvalue weighted by molar-refractivity contribution is 6.55.